The first-order valence-electron chi connectivity index (χ1n) is 8.35. The number of hydrogen-bond acceptors (Lipinski definition) is 3. The maximum atomic E-state index is 12.6. The minimum atomic E-state index is -0.227. The Bertz CT molecular complexity index is 838. The third-order valence-electron chi connectivity index (χ3n) is 4.43. The molecular formula is C20H21N3O2. The fourth-order valence-corrected chi connectivity index (χ4v) is 3.14. The molecule has 1 saturated heterocycles. The number of aromatic nitrogens is 1. The normalized spacial score (nSPS) is 15.1. The van der Waals surface area contributed by atoms with E-state index < -0.39 is 0 Å². The topological polar surface area (TPSA) is 58.3 Å². The Balaban J connectivity index is 1.94. The van der Waals surface area contributed by atoms with Gasteiger partial charge in [0.05, 0.1) is 13.2 Å². The Labute approximate surface area is 147 Å². The molecule has 1 fully saturated rings. The molecular weight excluding hydrogens is 314 g/mol. The second kappa shape index (κ2) is 7.37. The Morgan fingerprint density at radius 3 is 2.52 bits per heavy atom. The first-order chi connectivity index (χ1) is 12.1. The first-order valence-corrected chi connectivity index (χ1v) is 8.35. The number of nitrogens with zero attached hydrogens (tertiary/aromatic N) is 3. The van der Waals surface area contributed by atoms with Gasteiger partial charge in [0.1, 0.15) is 11.6 Å². The maximum absolute atomic E-state index is 12.6. The van der Waals surface area contributed by atoms with Crippen molar-refractivity contribution in [3.05, 3.63) is 58.9 Å². The van der Waals surface area contributed by atoms with Gasteiger partial charge in [-0.1, -0.05) is 18.2 Å². The summed E-state index contributed by atoms with van der Waals surface area (Å²) in [6, 6.07) is 14.1. The largest absolute Gasteiger partial charge is 0.378 e. The van der Waals surface area contributed by atoms with Crippen molar-refractivity contribution in [2.75, 3.05) is 26.3 Å². The number of amides is 1. The van der Waals surface area contributed by atoms with Crippen molar-refractivity contribution in [2.24, 2.45) is 0 Å². The molecule has 2 aromatic rings. The zero-order chi connectivity index (χ0) is 17.8. The van der Waals surface area contributed by atoms with E-state index >= 15 is 0 Å². The summed E-state index contributed by atoms with van der Waals surface area (Å²) in [4.78, 5) is 14.3. The molecule has 0 atom stereocenters. The molecule has 0 radical (unpaired) electrons. The number of hydrogen-bond donors (Lipinski definition) is 0. The van der Waals surface area contributed by atoms with Crippen molar-refractivity contribution in [2.45, 2.75) is 13.8 Å². The summed E-state index contributed by atoms with van der Waals surface area (Å²) in [5.74, 6) is -0.227. The van der Waals surface area contributed by atoms with Crippen LogP contribution >= 0.6 is 0 Å². The van der Waals surface area contributed by atoms with Gasteiger partial charge in [-0.25, -0.2) is 0 Å². The van der Waals surface area contributed by atoms with E-state index in [2.05, 4.69) is 10.6 Å². The van der Waals surface area contributed by atoms with E-state index in [0.29, 0.717) is 26.3 Å². The predicted molar refractivity (Wildman–Crippen MR) is 96.2 cm³/mol. The average Bonchev–Trinajstić information content (AvgIpc) is 2.94. The van der Waals surface area contributed by atoms with Crippen LogP contribution in [0.1, 0.15) is 17.0 Å². The highest BCUT2D eigenvalue weighted by Gasteiger charge is 2.21. The molecule has 1 aliphatic rings. The third-order valence-corrected chi connectivity index (χ3v) is 4.43. The lowest BCUT2D eigenvalue weighted by Gasteiger charge is -2.26. The Morgan fingerprint density at radius 1 is 1.20 bits per heavy atom. The molecule has 3 rings (SSSR count). The predicted octanol–water partition coefficient (Wildman–Crippen LogP) is 2.86. The zero-order valence-electron chi connectivity index (χ0n) is 14.5. The number of benzene rings is 1. The Kier molecular flexibility index (Phi) is 5.01. The number of carbonyl (C=O) groups is 1. The minimum Gasteiger partial charge on any atom is -0.378 e. The number of rotatable bonds is 3. The van der Waals surface area contributed by atoms with E-state index in [-0.39, 0.29) is 11.5 Å². The van der Waals surface area contributed by atoms with Gasteiger partial charge in [0.2, 0.25) is 0 Å². The van der Waals surface area contributed by atoms with Gasteiger partial charge in [0.15, 0.2) is 0 Å². The summed E-state index contributed by atoms with van der Waals surface area (Å²) < 4.78 is 7.39. The lowest BCUT2D eigenvalue weighted by atomic mass is 10.1. The van der Waals surface area contributed by atoms with Gasteiger partial charge < -0.3 is 14.2 Å². The standard InChI is InChI=1S/C20H21N3O2/c1-15-12-17(16(2)23(15)19-6-4-3-5-7-19)13-18(14-21)20(24)22-8-10-25-11-9-22/h3-7,12-13H,8-11H2,1-2H3. The lowest BCUT2D eigenvalue weighted by Crippen LogP contribution is -2.41. The van der Waals surface area contributed by atoms with Gasteiger partial charge >= 0.3 is 0 Å². The molecule has 5 heteroatoms. The van der Waals surface area contributed by atoms with Crippen molar-refractivity contribution in [3.63, 3.8) is 0 Å². The zero-order valence-corrected chi connectivity index (χ0v) is 14.5. The number of ether oxygens (including phenoxy) is 1. The molecule has 1 aromatic heterocycles. The minimum absolute atomic E-state index is 0.162. The van der Waals surface area contributed by atoms with Gasteiger partial charge in [-0.3, -0.25) is 4.79 Å². The molecule has 0 saturated carbocycles. The Morgan fingerprint density at radius 2 is 1.88 bits per heavy atom. The fraction of sp³-hybridized carbons (Fsp3) is 0.300. The monoisotopic (exact) mass is 335 g/mol. The van der Waals surface area contributed by atoms with Crippen LogP contribution in [0.15, 0.2) is 42.0 Å². The van der Waals surface area contributed by atoms with Crippen LogP contribution in [-0.2, 0) is 9.53 Å². The number of aryl methyl sites for hydroxylation is 1. The molecule has 25 heavy (non-hydrogen) atoms. The molecule has 0 bridgehead atoms. The Hall–Kier alpha value is -2.84. The van der Waals surface area contributed by atoms with E-state index in [0.717, 1.165) is 22.6 Å². The lowest BCUT2D eigenvalue weighted by molar-refractivity contribution is -0.130. The van der Waals surface area contributed by atoms with Crippen molar-refractivity contribution >= 4 is 12.0 Å². The fourth-order valence-electron chi connectivity index (χ4n) is 3.14. The molecule has 0 N–H and O–H groups in total. The number of nitriles is 1. The second-order valence-electron chi connectivity index (χ2n) is 6.07. The van der Waals surface area contributed by atoms with Crippen molar-refractivity contribution in [1.82, 2.24) is 9.47 Å². The van der Waals surface area contributed by atoms with E-state index in [1.807, 2.05) is 50.2 Å². The van der Waals surface area contributed by atoms with Crippen LogP contribution in [0.25, 0.3) is 11.8 Å². The van der Waals surface area contributed by atoms with Crippen LogP contribution in [0, 0.1) is 25.2 Å². The summed E-state index contributed by atoms with van der Waals surface area (Å²) in [5, 5.41) is 9.47. The number of carbonyl (C=O) groups excluding carboxylic acids is 1. The average molecular weight is 335 g/mol. The summed E-state index contributed by atoms with van der Waals surface area (Å²) in [6.07, 6.45) is 1.69. The molecule has 1 aliphatic heterocycles. The highest BCUT2D eigenvalue weighted by atomic mass is 16.5. The number of para-hydroxylation sites is 1. The number of morpholine rings is 1. The van der Waals surface area contributed by atoms with Crippen LogP contribution < -0.4 is 0 Å². The van der Waals surface area contributed by atoms with E-state index in [9.17, 15) is 10.1 Å². The molecule has 128 valence electrons. The molecule has 0 unspecified atom stereocenters. The van der Waals surface area contributed by atoms with Gasteiger partial charge in [-0.05, 0) is 43.7 Å². The molecule has 0 spiro atoms. The van der Waals surface area contributed by atoms with Crippen LogP contribution in [-0.4, -0.2) is 41.7 Å². The van der Waals surface area contributed by atoms with Gasteiger partial charge in [0.25, 0.3) is 5.91 Å². The maximum Gasteiger partial charge on any atom is 0.264 e. The smallest absolute Gasteiger partial charge is 0.264 e. The summed E-state index contributed by atoms with van der Waals surface area (Å²) in [5.41, 5.74) is 4.18. The second-order valence-corrected chi connectivity index (χ2v) is 6.07. The summed E-state index contributed by atoms with van der Waals surface area (Å²) >= 11 is 0. The molecule has 1 amide bonds. The third kappa shape index (κ3) is 3.49. The SMILES string of the molecule is Cc1cc(C=C(C#N)C(=O)N2CCOCC2)c(C)n1-c1ccccc1. The van der Waals surface area contributed by atoms with Crippen LogP contribution in [0.5, 0.6) is 0 Å². The van der Waals surface area contributed by atoms with Crippen LogP contribution in [0.4, 0.5) is 0 Å². The summed E-state index contributed by atoms with van der Waals surface area (Å²) in [6.45, 7) is 6.12. The van der Waals surface area contributed by atoms with E-state index in [4.69, 9.17) is 4.74 Å². The highest BCUT2D eigenvalue weighted by molar-refractivity contribution is 6.01. The highest BCUT2D eigenvalue weighted by Crippen LogP contribution is 2.23. The molecule has 2 heterocycles. The quantitative estimate of drug-likeness (QED) is 0.640. The van der Waals surface area contributed by atoms with Gasteiger partial charge in [-0.15, -0.1) is 0 Å². The van der Waals surface area contributed by atoms with E-state index in [1.54, 1.807) is 11.0 Å². The molecule has 5 nitrogen and oxygen atoms in total. The van der Waals surface area contributed by atoms with Crippen LogP contribution in [0.2, 0.25) is 0 Å². The van der Waals surface area contributed by atoms with Gasteiger partial charge in [-0.2, -0.15) is 5.26 Å². The summed E-state index contributed by atoms with van der Waals surface area (Å²) in [7, 11) is 0. The van der Waals surface area contributed by atoms with Gasteiger partial charge in [0, 0.05) is 30.2 Å². The van der Waals surface area contributed by atoms with Crippen LogP contribution in [0.3, 0.4) is 0 Å². The van der Waals surface area contributed by atoms with Crippen molar-refractivity contribution in [3.8, 4) is 11.8 Å². The molecule has 0 aliphatic carbocycles. The molecule has 1 aromatic carbocycles. The van der Waals surface area contributed by atoms with Crippen molar-refractivity contribution in [1.29, 1.82) is 5.26 Å². The van der Waals surface area contributed by atoms with Crippen molar-refractivity contribution < 1.29 is 9.53 Å². The first kappa shape index (κ1) is 17.0. The van der Waals surface area contributed by atoms with E-state index in [1.165, 1.54) is 0 Å².